The predicted octanol–water partition coefficient (Wildman–Crippen LogP) is 3.04. The van der Waals surface area contributed by atoms with Crippen LogP contribution in [0.1, 0.15) is 44.6 Å². The predicted molar refractivity (Wildman–Crippen MR) is 113 cm³/mol. The first-order chi connectivity index (χ1) is 11.2. The molecule has 1 fully saturated rings. The number of likely N-dealkylation sites (tertiary alicyclic amines) is 1. The zero-order valence-corrected chi connectivity index (χ0v) is 17.7. The third-order valence-corrected chi connectivity index (χ3v) is 4.77. The highest BCUT2D eigenvalue weighted by molar-refractivity contribution is 14.0. The van der Waals surface area contributed by atoms with Crippen LogP contribution in [0.4, 0.5) is 0 Å². The highest BCUT2D eigenvalue weighted by atomic mass is 127. The quantitative estimate of drug-likeness (QED) is 0.371. The molecule has 136 valence electrons. The minimum absolute atomic E-state index is 0. The van der Waals surface area contributed by atoms with Gasteiger partial charge in [-0.05, 0) is 42.2 Å². The van der Waals surface area contributed by atoms with Crippen LogP contribution in [-0.2, 0) is 4.79 Å². The number of carbonyl (C=O) groups is 1. The lowest BCUT2D eigenvalue weighted by Gasteiger charge is -2.16. The lowest BCUT2D eigenvalue weighted by Crippen LogP contribution is -2.40. The van der Waals surface area contributed by atoms with Crippen molar-refractivity contribution in [3.8, 4) is 0 Å². The number of guanidine groups is 1. The first-order valence-electron chi connectivity index (χ1n) is 8.52. The van der Waals surface area contributed by atoms with E-state index in [4.69, 9.17) is 0 Å². The zero-order valence-electron chi connectivity index (χ0n) is 14.6. The van der Waals surface area contributed by atoms with Crippen molar-refractivity contribution in [2.75, 3.05) is 32.7 Å². The van der Waals surface area contributed by atoms with Gasteiger partial charge in [0.2, 0.25) is 5.91 Å². The fraction of sp³-hybridized carbons (Fsp3) is 0.647. The summed E-state index contributed by atoms with van der Waals surface area (Å²) in [6.07, 6.45) is 2.82. The summed E-state index contributed by atoms with van der Waals surface area (Å²) < 4.78 is 0. The minimum atomic E-state index is 0. The SMILES string of the molecule is CCNC(=NCC(C)c1ccsc1)NCCC(=O)N1CCCC1.I. The fourth-order valence-electron chi connectivity index (χ4n) is 2.64. The van der Waals surface area contributed by atoms with Crippen molar-refractivity contribution in [3.05, 3.63) is 22.4 Å². The molecule has 1 aromatic rings. The molecule has 0 radical (unpaired) electrons. The third-order valence-electron chi connectivity index (χ3n) is 4.07. The third kappa shape index (κ3) is 6.96. The number of rotatable bonds is 7. The van der Waals surface area contributed by atoms with Gasteiger partial charge in [-0.2, -0.15) is 11.3 Å². The molecule has 1 amide bonds. The highest BCUT2D eigenvalue weighted by Gasteiger charge is 2.17. The van der Waals surface area contributed by atoms with Gasteiger partial charge in [-0.1, -0.05) is 6.92 Å². The summed E-state index contributed by atoms with van der Waals surface area (Å²) in [7, 11) is 0. The standard InChI is InChI=1S/C17H28N4OS.HI/c1-3-18-17(20-12-14(2)15-7-11-23-13-15)19-8-6-16(22)21-9-4-5-10-21;/h7,11,13-14H,3-6,8-10,12H2,1-2H3,(H2,18,19,20);1H. The Kier molecular flexibility index (Phi) is 10.3. The van der Waals surface area contributed by atoms with E-state index in [1.54, 1.807) is 11.3 Å². The molecule has 2 heterocycles. The summed E-state index contributed by atoms with van der Waals surface area (Å²) >= 11 is 1.72. The van der Waals surface area contributed by atoms with Crippen LogP contribution < -0.4 is 10.6 Å². The van der Waals surface area contributed by atoms with Crippen molar-refractivity contribution in [1.82, 2.24) is 15.5 Å². The molecule has 0 aliphatic carbocycles. The lowest BCUT2D eigenvalue weighted by molar-refractivity contribution is -0.129. The number of nitrogens with one attached hydrogen (secondary N) is 2. The summed E-state index contributed by atoms with van der Waals surface area (Å²) in [5, 5.41) is 10.8. The molecule has 0 bridgehead atoms. The van der Waals surface area contributed by atoms with Crippen LogP contribution in [0, 0.1) is 0 Å². The molecule has 5 nitrogen and oxygen atoms in total. The van der Waals surface area contributed by atoms with E-state index >= 15 is 0 Å². The van der Waals surface area contributed by atoms with Gasteiger partial charge in [0.25, 0.3) is 0 Å². The Bertz CT molecular complexity index is 501. The summed E-state index contributed by atoms with van der Waals surface area (Å²) in [6, 6.07) is 2.15. The number of aliphatic imine (C=N–C) groups is 1. The second-order valence-electron chi connectivity index (χ2n) is 5.94. The first kappa shape index (κ1) is 21.2. The highest BCUT2D eigenvalue weighted by Crippen LogP contribution is 2.18. The Balaban J connectivity index is 0.00000288. The summed E-state index contributed by atoms with van der Waals surface area (Å²) in [4.78, 5) is 18.6. The number of hydrogen-bond donors (Lipinski definition) is 2. The van der Waals surface area contributed by atoms with Crippen LogP contribution in [-0.4, -0.2) is 49.5 Å². The van der Waals surface area contributed by atoms with Crippen molar-refractivity contribution in [1.29, 1.82) is 0 Å². The van der Waals surface area contributed by atoms with Gasteiger partial charge in [-0.3, -0.25) is 9.79 Å². The molecule has 24 heavy (non-hydrogen) atoms. The van der Waals surface area contributed by atoms with Gasteiger partial charge in [-0.15, -0.1) is 24.0 Å². The van der Waals surface area contributed by atoms with E-state index < -0.39 is 0 Å². The fourth-order valence-corrected chi connectivity index (χ4v) is 3.43. The van der Waals surface area contributed by atoms with E-state index in [2.05, 4.69) is 46.3 Å². The van der Waals surface area contributed by atoms with Crippen molar-refractivity contribution < 1.29 is 4.79 Å². The maximum Gasteiger partial charge on any atom is 0.224 e. The smallest absolute Gasteiger partial charge is 0.224 e. The zero-order chi connectivity index (χ0) is 16.5. The number of thiophene rings is 1. The van der Waals surface area contributed by atoms with Crippen LogP contribution >= 0.6 is 35.3 Å². The Morgan fingerprint density at radius 1 is 1.38 bits per heavy atom. The van der Waals surface area contributed by atoms with Crippen molar-refractivity contribution in [3.63, 3.8) is 0 Å². The van der Waals surface area contributed by atoms with Gasteiger partial charge in [0.1, 0.15) is 0 Å². The van der Waals surface area contributed by atoms with Gasteiger partial charge in [-0.25, -0.2) is 0 Å². The molecule has 2 rings (SSSR count). The molecule has 1 saturated heterocycles. The molecule has 1 aliphatic rings. The molecule has 1 aliphatic heterocycles. The Labute approximate surface area is 166 Å². The van der Waals surface area contributed by atoms with E-state index in [0.717, 1.165) is 45.0 Å². The molecule has 2 N–H and O–H groups in total. The number of amides is 1. The van der Waals surface area contributed by atoms with Crippen molar-refractivity contribution >= 4 is 47.2 Å². The average Bonchev–Trinajstić information content (AvgIpc) is 3.24. The summed E-state index contributed by atoms with van der Waals surface area (Å²) in [5.74, 6) is 1.45. The summed E-state index contributed by atoms with van der Waals surface area (Å²) in [6.45, 7) is 8.27. The van der Waals surface area contributed by atoms with E-state index in [-0.39, 0.29) is 29.9 Å². The number of nitrogens with zero attached hydrogens (tertiary/aromatic N) is 2. The van der Waals surface area contributed by atoms with E-state index in [0.29, 0.717) is 18.9 Å². The van der Waals surface area contributed by atoms with Crippen molar-refractivity contribution in [2.45, 2.75) is 39.0 Å². The Morgan fingerprint density at radius 3 is 2.75 bits per heavy atom. The first-order valence-corrected chi connectivity index (χ1v) is 9.47. The summed E-state index contributed by atoms with van der Waals surface area (Å²) in [5.41, 5.74) is 1.33. The van der Waals surface area contributed by atoms with Crippen LogP contribution in [0.25, 0.3) is 0 Å². The van der Waals surface area contributed by atoms with Gasteiger partial charge in [0.15, 0.2) is 5.96 Å². The number of hydrogen-bond acceptors (Lipinski definition) is 3. The molecular weight excluding hydrogens is 435 g/mol. The molecular formula is C17H29IN4OS. The van der Waals surface area contributed by atoms with Gasteiger partial charge < -0.3 is 15.5 Å². The monoisotopic (exact) mass is 464 g/mol. The van der Waals surface area contributed by atoms with Crippen LogP contribution in [0.3, 0.4) is 0 Å². The van der Waals surface area contributed by atoms with E-state index in [1.807, 2.05) is 4.90 Å². The van der Waals surface area contributed by atoms with Crippen LogP contribution in [0.5, 0.6) is 0 Å². The topological polar surface area (TPSA) is 56.7 Å². The molecule has 0 saturated carbocycles. The van der Waals surface area contributed by atoms with Crippen LogP contribution in [0.15, 0.2) is 21.8 Å². The van der Waals surface area contributed by atoms with E-state index in [1.165, 1.54) is 5.56 Å². The molecule has 7 heteroatoms. The molecule has 0 spiro atoms. The van der Waals surface area contributed by atoms with Gasteiger partial charge in [0.05, 0.1) is 0 Å². The van der Waals surface area contributed by atoms with Crippen molar-refractivity contribution in [2.24, 2.45) is 4.99 Å². The number of carbonyl (C=O) groups excluding carboxylic acids is 1. The minimum Gasteiger partial charge on any atom is -0.357 e. The maximum absolute atomic E-state index is 12.0. The second kappa shape index (κ2) is 11.7. The van der Waals surface area contributed by atoms with Gasteiger partial charge in [0, 0.05) is 45.1 Å². The van der Waals surface area contributed by atoms with Gasteiger partial charge >= 0.3 is 0 Å². The second-order valence-corrected chi connectivity index (χ2v) is 6.72. The normalized spacial score (nSPS) is 15.8. The van der Waals surface area contributed by atoms with E-state index in [9.17, 15) is 4.79 Å². The molecule has 1 aromatic heterocycles. The van der Waals surface area contributed by atoms with Crippen LogP contribution in [0.2, 0.25) is 0 Å². The lowest BCUT2D eigenvalue weighted by atomic mass is 10.1. The molecule has 1 unspecified atom stereocenters. The Hall–Kier alpha value is -0.830. The Morgan fingerprint density at radius 2 is 2.12 bits per heavy atom. The largest absolute Gasteiger partial charge is 0.357 e. The molecule has 1 atom stereocenters. The number of halogens is 1. The average molecular weight is 464 g/mol. The maximum atomic E-state index is 12.0. The molecule has 0 aromatic carbocycles.